The standard InChI is InChI=1S/C18H20N2/c1-5-20(13-16-8-6-14(2)7-9-16)17-10-11-18(19-4)15(3)12-17/h6-12H,5,13H2,1-3H3. The second-order valence-corrected chi connectivity index (χ2v) is 5.08. The molecular formula is C18H20N2. The van der Waals surface area contributed by atoms with Crippen LogP contribution in [0.3, 0.4) is 0 Å². The van der Waals surface area contributed by atoms with Crippen LogP contribution in [0.2, 0.25) is 0 Å². The summed E-state index contributed by atoms with van der Waals surface area (Å²) in [4.78, 5) is 5.85. The van der Waals surface area contributed by atoms with E-state index in [9.17, 15) is 0 Å². The monoisotopic (exact) mass is 264 g/mol. The van der Waals surface area contributed by atoms with Gasteiger partial charge >= 0.3 is 0 Å². The van der Waals surface area contributed by atoms with Gasteiger partial charge < -0.3 is 4.90 Å². The molecule has 0 radical (unpaired) electrons. The molecule has 0 heterocycles. The minimum absolute atomic E-state index is 0.736. The number of nitrogens with zero attached hydrogens (tertiary/aromatic N) is 2. The predicted molar refractivity (Wildman–Crippen MR) is 85.3 cm³/mol. The summed E-state index contributed by atoms with van der Waals surface area (Å²) in [6.07, 6.45) is 0. The van der Waals surface area contributed by atoms with E-state index >= 15 is 0 Å². The predicted octanol–water partition coefficient (Wildman–Crippen LogP) is 4.88. The van der Waals surface area contributed by atoms with Crippen molar-refractivity contribution >= 4 is 11.4 Å². The van der Waals surface area contributed by atoms with Crippen LogP contribution in [-0.4, -0.2) is 6.54 Å². The molecule has 0 fully saturated rings. The third-order valence-corrected chi connectivity index (χ3v) is 3.54. The zero-order chi connectivity index (χ0) is 14.5. The SMILES string of the molecule is [C-]#[N+]c1ccc(N(CC)Cc2ccc(C)cc2)cc1C. The molecule has 102 valence electrons. The molecule has 2 aromatic carbocycles. The van der Waals surface area contributed by atoms with Crippen LogP contribution in [0.1, 0.15) is 23.6 Å². The molecule has 2 nitrogen and oxygen atoms in total. The minimum atomic E-state index is 0.736. The summed E-state index contributed by atoms with van der Waals surface area (Å²) in [5.41, 5.74) is 5.55. The van der Waals surface area contributed by atoms with Gasteiger partial charge in [-0.05, 0) is 44.0 Å². The first-order chi connectivity index (χ1) is 9.63. The molecule has 0 aliphatic heterocycles. The van der Waals surface area contributed by atoms with Crippen molar-refractivity contribution in [1.29, 1.82) is 0 Å². The summed E-state index contributed by atoms with van der Waals surface area (Å²) in [5.74, 6) is 0. The van der Waals surface area contributed by atoms with E-state index in [1.165, 1.54) is 16.8 Å². The Balaban J connectivity index is 2.22. The van der Waals surface area contributed by atoms with Crippen LogP contribution in [0.4, 0.5) is 11.4 Å². The van der Waals surface area contributed by atoms with Crippen LogP contribution in [0, 0.1) is 20.4 Å². The summed E-state index contributed by atoms with van der Waals surface area (Å²) in [6.45, 7) is 15.2. The van der Waals surface area contributed by atoms with Gasteiger partial charge in [-0.25, -0.2) is 4.85 Å². The highest BCUT2D eigenvalue weighted by molar-refractivity contribution is 5.60. The quantitative estimate of drug-likeness (QED) is 0.714. The first-order valence-electron chi connectivity index (χ1n) is 6.92. The Kier molecular flexibility index (Phi) is 4.42. The van der Waals surface area contributed by atoms with E-state index in [2.05, 4.69) is 53.9 Å². The molecule has 0 spiro atoms. The van der Waals surface area contributed by atoms with Crippen molar-refractivity contribution in [2.45, 2.75) is 27.3 Å². The molecule has 0 N–H and O–H groups in total. The van der Waals surface area contributed by atoms with Crippen molar-refractivity contribution in [3.05, 3.63) is 70.6 Å². The Morgan fingerprint density at radius 3 is 2.30 bits per heavy atom. The summed E-state index contributed by atoms with van der Waals surface area (Å²) in [6, 6.07) is 14.7. The lowest BCUT2D eigenvalue weighted by Crippen LogP contribution is -2.21. The Bertz CT molecular complexity index is 621. The van der Waals surface area contributed by atoms with Crippen molar-refractivity contribution in [2.24, 2.45) is 0 Å². The lowest BCUT2D eigenvalue weighted by molar-refractivity contribution is 0.831. The van der Waals surface area contributed by atoms with Gasteiger partial charge in [0.05, 0.1) is 6.57 Å². The molecule has 0 amide bonds. The highest BCUT2D eigenvalue weighted by atomic mass is 15.1. The van der Waals surface area contributed by atoms with Gasteiger partial charge in [0.15, 0.2) is 5.69 Å². The maximum Gasteiger partial charge on any atom is 0.190 e. The van der Waals surface area contributed by atoms with E-state index in [1.54, 1.807) is 0 Å². The van der Waals surface area contributed by atoms with Crippen molar-refractivity contribution in [3.8, 4) is 0 Å². The highest BCUT2D eigenvalue weighted by Crippen LogP contribution is 2.25. The normalized spacial score (nSPS) is 10.1. The van der Waals surface area contributed by atoms with Crippen molar-refractivity contribution < 1.29 is 0 Å². The van der Waals surface area contributed by atoms with Crippen LogP contribution in [-0.2, 0) is 6.54 Å². The average Bonchev–Trinajstić information content (AvgIpc) is 2.46. The van der Waals surface area contributed by atoms with Gasteiger partial charge in [-0.15, -0.1) is 0 Å². The number of hydrogen-bond donors (Lipinski definition) is 0. The van der Waals surface area contributed by atoms with E-state index in [0.717, 1.165) is 24.3 Å². The molecule has 0 saturated heterocycles. The molecule has 0 atom stereocenters. The Hall–Kier alpha value is -2.27. The minimum Gasteiger partial charge on any atom is -0.368 e. The Morgan fingerprint density at radius 2 is 1.75 bits per heavy atom. The summed E-state index contributed by atoms with van der Waals surface area (Å²) < 4.78 is 0. The van der Waals surface area contributed by atoms with Crippen molar-refractivity contribution in [1.82, 2.24) is 0 Å². The van der Waals surface area contributed by atoms with Crippen LogP contribution in [0.5, 0.6) is 0 Å². The lowest BCUT2D eigenvalue weighted by Gasteiger charge is -2.24. The van der Waals surface area contributed by atoms with Gasteiger partial charge in [0, 0.05) is 18.8 Å². The molecule has 2 aromatic rings. The fraction of sp³-hybridized carbons (Fsp3) is 0.278. The molecule has 2 rings (SSSR count). The molecule has 0 unspecified atom stereocenters. The average molecular weight is 264 g/mol. The van der Waals surface area contributed by atoms with E-state index in [1.807, 2.05) is 19.1 Å². The van der Waals surface area contributed by atoms with Gasteiger partial charge in [0.25, 0.3) is 0 Å². The van der Waals surface area contributed by atoms with E-state index in [4.69, 9.17) is 6.57 Å². The Morgan fingerprint density at radius 1 is 1.05 bits per heavy atom. The van der Waals surface area contributed by atoms with Crippen LogP contribution >= 0.6 is 0 Å². The molecule has 0 aliphatic carbocycles. The second-order valence-electron chi connectivity index (χ2n) is 5.08. The molecule has 0 saturated carbocycles. The summed E-state index contributed by atoms with van der Waals surface area (Å²) in [5, 5.41) is 0. The zero-order valence-electron chi connectivity index (χ0n) is 12.4. The van der Waals surface area contributed by atoms with Crippen molar-refractivity contribution in [3.63, 3.8) is 0 Å². The van der Waals surface area contributed by atoms with E-state index in [0.29, 0.717) is 0 Å². The van der Waals surface area contributed by atoms with Gasteiger partial charge in [-0.2, -0.15) is 0 Å². The van der Waals surface area contributed by atoms with Gasteiger partial charge in [-0.1, -0.05) is 35.9 Å². The number of benzene rings is 2. The van der Waals surface area contributed by atoms with Gasteiger partial charge in [-0.3, -0.25) is 0 Å². The van der Waals surface area contributed by atoms with Crippen LogP contribution in [0.25, 0.3) is 4.85 Å². The molecule has 0 aromatic heterocycles. The summed E-state index contributed by atoms with van der Waals surface area (Å²) >= 11 is 0. The third-order valence-electron chi connectivity index (χ3n) is 3.54. The van der Waals surface area contributed by atoms with Gasteiger partial charge in [0.1, 0.15) is 0 Å². The van der Waals surface area contributed by atoms with Crippen molar-refractivity contribution in [2.75, 3.05) is 11.4 Å². The lowest BCUT2D eigenvalue weighted by atomic mass is 10.1. The highest BCUT2D eigenvalue weighted by Gasteiger charge is 2.07. The second kappa shape index (κ2) is 6.25. The molecular weight excluding hydrogens is 244 g/mol. The number of anilines is 1. The molecule has 2 heteroatoms. The maximum atomic E-state index is 7.12. The molecule has 20 heavy (non-hydrogen) atoms. The zero-order valence-corrected chi connectivity index (χ0v) is 12.4. The molecule has 0 bridgehead atoms. The summed E-state index contributed by atoms with van der Waals surface area (Å²) in [7, 11) is 0. The fourth-order valence-electron chi connectivity index (χ4n) is 2.26. The number of hydrogen-bond acceptors (Lipinski definition) is 1. The first-order valence-corrected chi connectivity index (χ1v) is 6.92. The first kappa shape index (κ1) is 14.1. The number of aryl methyl sites for hydroxylation is 2. The largest absolute Gasteiger partial charge is 0.368 e. The molecule has 0 aliphatic rings. The van der Waals surface area contributed by atoms with E-state index in [-0.39, 0.29) is 0 Å². The smallest absolute Gasteiger partial charge is 0.190 e. The number of rotatable bonds is 4. The third kappa shape index (κ3) is 3.19. The Labute approximate surface area is 121 Å². The van der Waals surface area contributed by atoms with Crippen LogP contribution in [0.15, 0.2) is 42.5 Å². The fourth-order valence-corrected chi connectivity index (χ4v) is 2.26. The van der Waals surface area contributed by atoms with Crippen LogP contribution < -0.4 is 4.90 Å². The van der Waals surface area contributed by atoms with Gasteiger partial charge in [0.2, 0.25) is 0 Å². The topological polar surface area (TPSA) is 7.60 Å². The maximum absolute atomic E-state index is 7.12. The van der Waals surface area contributed by atoms with E-state index < -0.39 is 0 Å².